The maximum absolute atomic E-state index is 11.0. The number of likely N-dealkylation sites (N-methyl/N-ethyl adjacent to an activating group) is 1. The third-order valence-electron chi connectivity index (χ3n) is 3.41. The summed E-state index contributed by atoms with van der Waals surface area (Å²) in [6.45, 7) is 3.83. The number of benzene rings is 1. The molecule has 1 fully saturated rings. The molecule has 0 radical (unpaired) electrons. The van der Waals surface area contributed by atoms with Crippen molar-refractivity contribution in [3.63, 3.8) is 0 Å². The third-order valence-corrected chi connectivity index (χ3v) is 3.41. The van der Waals surface area contributed by atoms with E-state index in [4.69, 9.17) is 5.73 Å². The molecule has 17 heavy (non-hydrogen) atoms. The molecule has 0 spiro atoms. The van der Waals surface area contributed by atoms with Gasteiger partial charge in [0.2, 0.25) is 0 Å². The van der Waals surface area contributed by atoms with Crippen LogP contribution in [-0.4, -0.2) is 29.0 Å². The largest absolute Gasteiger partial charge is 0.326 e. The molecule has 2 N–H and O–H groups in total. The van der Waals surface area contributed by atoms with E-state index in [1.54, 1.807) is 12.1 Å². The van der Waals surface area contributed by atoms with Gasteiger partial charge < -0.3 is 5.73 Å². The lowest BCUT2D eigenvalue weighted by molar-refractivity contribution is -0.386. The van der Waals surface area contributed by atoms with Gasteiger partial charge in [-0.3, -0.25) is 15.0 Å². The minimum Gasteiger partial charge on any atom is -0.326 e. The highest BCUT2D eigenvalue weighted by Crippen LogP contribution is 2.35. The van der Waals surface area contributed by atoms with Crippen LogP contribution in [0.25, 0.3) is 0 Å². The number of nitrogens with two attached hydrogens (primary N) is 1. The lowest BCUT2D eigenvalue weighted by Gasteiger charge is -2.25. The van der Waals surface area contributed by atoms with Gasteiger partial charge in [-0.2, -0.15) is 0 Å². The molecule has 0 amide bonds. The number of nitro groups is 1. The van der Waals surface area contributed by atoms with Crippen molar-refractivity contribution in [3.8, 4) is 0 Å². The second-order valence-corrected chi connectivity index (χ2v) is 4.34. The molecule has 1 saturated heterocycles. The molecule has 0 aromatic heterocycles. The van der Waals surface area contributed by atoms with Crippen molar-refractivity contribution in [1.82, 2.24) is 4.90 Å². The zero-order chi connectivity index (χ0) is 12.4. The Balaban J connectivity index is 2.41. The van der Waals surface area contributed by atoms with Gasteiger partial charge in [0.1, 0.15) is 0 Å². The lowest BCUT2D eigenvalue weighted by atomic mass is 9.99. The van der Waals surface area contributed by atoms with E-state index in [1.807, 2.05) is 12.1 Å². The van der Waals surface area contributed by atoms with E-state index in [2.05, 4.69) is 11.8 Å². The molecule has 0 bridgehead atoms. The summed E-state index contributed by atoms with van der Waals surface area (Å²) in [6.07, 6.45) is 0.893. The van der Waals surface area contributed by atoms with E-state index in [1.165, 1.54) is 0 Å². The summed E-state index contributed by atoms with van der Waals surface area (Å²) < 4.78 is 0. The zero-order valence-corrected chi connectivity index (χ0v) is 9.87. The summed E-state index contributed by atoms with van der Waals surface area (Å²) in [7, 11) is 0. The van der Waals surface area contributed by atoms with Crippen molar-refractivity contribution in [2.75, 3.05) is 13.1 Å². The Labute approximate surface area is 100 Å². The highest BCUT2D eigenvalue weighted by atomic mass is 16.6. The molecule has 1 aromatic carbocycles. The summed E-state index contributed by atoms with van der Waals surface area (Å²) >= 11 is 0. The summed E-state index contributed by atoms with van der Waals surface area (Å²) in [5.74, 6) is 0. The van der Waals surface area contributed by atoms with Crippen LogP contribution in [0.1, 0.15) is 24.9 Å². The Bertz CT molecular complexity index is 422. The standard InChI is InChI=1S/C12H17N3O2/c1-2-14-8-7-10(13)12(14)9-5-3-4-6-11(9)15(16)17/h3-6,10,12H,2,7-8,13H2,1H3. The van der Waals surface area contributed by atoms with Crippen molar-refractivity contribution >= 4 is 5.69 Å². The first-order chi connectivity index (χ1) is 8.15. The molecule has 0 aliphatic carbocycles. The van der Waals surface area contributed by atoms with Crippen molar-refractivity contribution in [2.45, 2.75) is 25.4 Å². The van der Waals surface area contributed by atoms with E-state index in [0.717, 1.165) is 25.1 Å². The normalized spacial score (nSPS) is 25.1. The van der Waals surface area contributed by atoms with Gasteiger partial charge in [0.05, 0.1) is 11.0 Å². The number of hydrogen-bond acceptors (Lipinski definition) is 4. The zero-order valence-electron chi connectivity index (χ0n) is 9.87. The Morgan fingerprint density at radius 1 is 1.53 bits per heavy atom. The van der Waals surface area contributed by atoms with Gasteiger partial charge in [0.15, 0.2) is 0 Å². The Morgan fingerprint density at radius 3 is 2.88 bits per heavy atom. The van der Waals surface area contributed by atoms with Crippen LogP contribution in [0.2, 0.25) is 0 Å². The Kier molecular flexibility index (Phi) is 3.40. The number of hydrogen-bond donors (Lipinski definition) is 1. The summed E-state index contributed by atoms with van der Waals surface area (Å²) in [5, 5.41) is 11.0. The van der Waals surface area contributed by atoms with Crippen LogP contribution in [0.3, 0.4) is 0 Å². The first-order valence-corrected chi connectivity index (χ1v) is 5.88. The summed E-state index contributed by atoms with van der Waals surface area (Å²) in [6, 6.07) is 6.85. The SMILES string of the molecule is CCN1CCC(N)C1c1ccccc1[N+](=O)[O-]. The molecule has 2 rings (SSSR count). The van der Waals surface area contributed by atoms with Crippen LogP contribution in [0, 0.1) is 10.1 Å². The smallest absolute Gasteiger partial charge is 0.274 e. The first-order valence-electron chi connectivity index (χ1n) is 5.88. The number of nitro benzene ring substituents is 1. The van der Waals surface area contributed by atoms with Gasteiger partial charge in [-0.1, -0.05) is 25.1 Å². The second kappa shape index (κ2) is 4.81. The average molecular weight is 235 g/mol. The lowest BCUT2D eigenvalue weighted by Crippen LogP contribution is -2.32. The molecule has 5 nitrogen and oxygen atoms in total. The minimum absolute atomic E-state index is 0.0175. The fourth-order valence-corrected chi connectivity index (χ4v) is 2.57. The molecule has 5 heteroatoms. The summed E-state index contributed by atoms with van der Waals surface area (Å²) in [5.41, 5.74) is 7.00. The molecule has 92 valence electrons. The molecule has 1 aliphatic heterocycles. The quantitative estimate of drug-likeness (QED) is 0.639. The van der Waals surface area contributed by atoms with Crippen LogP contribution >= 0.6 is 0 Å². The maximum atomic E-state index is 11.0. The second-order valence-electron chi connectivity index (χ2n) is 4.34. The number of para-hydroxylation sites is 1. The van der Waals surface area contributed by atoms with E-state index in [-0.39, 0.29) is 22.7 Å². The highest BCUT2D eigenvalue weighted by Gasteiger charge is 2.35. The molecular formula is C12H17N3O2. The van der Waals surface area contributed by atoms with Crippen molar-refractivity contribution in [1.29, 1.82) is 0 Å². The minimum atomic E-state index is -0.325. The van der Waals surface area contributed by atoms with E-state index >= 15 is 0 Å². The van der Waals surface area contributed by atoms with Gasteiger partial charge in [-0.15, -0.1) is 0 Å². The fourth-order valence-electron chi connectivity index (χ4n) is 2.57. The number of likely N-dealkylation sites (tertiary alicyclic amines) is 1. The van der Waals surface area contributed by atoms with E-state index in [9.17, 15) is 10.1 Å². The predicted octanol–water partition coefficient (Wildman–Crippen LogP) is 1.69. The van der Waals surface area contributed by atoms with Crippen molar-refractivity contribution < 1.29 is 4.92 Å². The van der Waals surface area contributed by atoms with Crippen molar-refractivity contribution in [3.05, 3.63) is 39.9 Å². The van der Waals surface area contributed by atoms with Gasteiger partial charge in [-0.05, 0) is 13.0 Å². The van der Waals surface area contributed by atoms with Gasteiger partial charge in [0.25, 0.3) is 5.69 Å². The number of rotatable bonds is 3. The van der Waals surface area contributed by atoms with E-state index in [0.29, 0.717) is 0 Å². The highest BCUT2D eigenvalue weighted by molar-refractivity contribution is 5.43. The van der Waals surface area contributed by atoms with E-state index < -0.39 is 0 Å². The van der Waals surface area contributed by atoms with Gasteiger partial charge in [0, 0.05) is 24.2 Å². The van der Waals surface area contributed by atoms with Crippen molar-refractivity contribution in [2.24, 2.45) is 5.73 Å². The van der Waals surface area contributed by atoms with Crippen LogP contribution in [0.5, 0.6) is 0 Å². The summed E-state index contributed by atoms with van der Waals surface area (Å²) in [4.78, 5) is 12.9. The van der Waals surface area contributed by atoms with Crippen LogP contribution in [0.15, 0.2) is 24.3 Å². The molecule has 0 saturated carbocycles. The van der Waals surface area contributed by atoms with Crippen LogP contribution in [0.4, 0.5) is 5.69 Å². The van der Waals surface area contributed by atoms with Gasteiger partial charge in [-0.25, -0.2) is 0 Å². The Hall–Kier alpha value is -1.46. The number of nitrogens with zero attached hydrogens (tertiary/aromatic N) is 2. The molecule has 2 unspecified atom stereocenters. The topological polar surface area (TPSA) is 72.4 Å². The molecule has 2 atom stereocenters. The van der Waals surface area contributed by atoms with Crippen LogP contribution in [-0.2, 0) is 0 Å². The predicted molar refractivity (Wildman–Crippen MR) is 65.7 cm³/mol. The third kappa shape index (κ3) is 2.16. The molecule has 1 aliphatic rings. The monoisotopic (exact) mass is 235 g/mol. The van der Waals surface area contributed by atoms with Gasteiger partial charge >= 0.3 is 0 Å². The maximum Gasteiger partial charge on any atom is 0.274 e. The molecular weight excluding hydrogens is 218 g/mol. The first kappa shape index (κ1) is 12.0. The molecule has 1 aromatic rings. The van der Waals surface area contributed by atoms with Crippen LogP contribution < -0.4 is 5.73 Å². The Morgan fingerprint density at radius 2 is 2.24 bits per heavy atom. The fraction of sp³-hybridized carbons (Fsp3) is 0.500. The molecule has 1 heterocycles. The average Bonchev–Trinajstić information content (AvgIpc) is 2.70.